The number of nitrogens with zero attached hydrogens (tertiary/aromatic N) is 2. The number of carbonyl (C=O) groups excluding carboxylic acids is 2. The zero-order valence-electron chi connectivity index (χ0n) is 25.8. The van der Waals surface area contributed by atoms with Crippen molar-refractivity contribution >= 4 is 24.1 Å². The number of aliphatic carboxylic acids is 2. The lowest BCUT2D eigenvalue weighted by Crippen LogP contribution is -2.35. The fourth-order valence-corrected chi connectivity index (χ4v) is 5.15. The Morgan fingerprint density at radius 3 is 1.16 bits per heavy atom. The van der Waals surface area contributed by atoms with Crippen LogP contribution in [0.15, 0.2) is 48.5 Å². The first-order valence-corrected chi connectivity index (χ1v) is 14.3. The van der Waals surface area contributed by atoms with Gasteiger partial charge >= 0.3 is 24.1 Å². The van der Waals surface area contributed by atoms with Crippen LogP contribution in [0.5, 0.6) is 0 Å². The number of carbonyl (C=O) groups is 4. The number of halogens is 2. The second-order valence-corrected chi connectivity index (χ2v) is 13.0. The van der Waals surface area contributed by atoms with Crippen LogP contribution in [0.3, 0.4) is 0 Å². The Labute approximate surface area is 255 Å². The molecule has 10 nitrogen and oxygen atoms in total. The third-order valence-corrected chi connectivity index (χ3v) is 7.17. The molecule has 0 aliphatic carbocycles. The SMILES string of the molecule is CC(C)(C)OC(=O)N1C[C@@H](C(=O)O)[C@H](c2ccc(F)cc2)C1.CC(C)(C)OC(=O)N1C[C@H](C(=O)O)[C@@H](c2ccc(F)cc2)C1. The molecule has 2 saturated heterocycles. The molecule has 0 bridgehead atoms. The van der Waals surface area contributed by atoms with E-state index in [-0.39, 0.29) is 49.6 Å². The summed E-state index contributed by atoms with van der Waals surface area (Å²) in [6.45, 7) is 11.2. The zero-order chi connectivity index (χ0) is 33.0. The Morgan fingerprint density at radius 1 is 0.614 bits per heavy atom. The topological polar surface area (TPSA) is 134 Å². The lowest BCUT2D eigenvalue weighted by molar-refractivity contribution is -0.142. The number of hydrogen-bond donors (Lipinski definition) is 2. The molecule has 2 aromatic rings. The predicted molar refractivity (Wildman–Crippen MR) is 156 cm³/mol. The fourth-order valence-electron chi connectivity index (χ4n) is 5.15. The van der Waals surface area contributed by atoms with E-state index in [0.717, 1.165) is 0 Å². The number of hydrogen-bond acceptors (Lipinski definition) is 6. The second kappa shape index (κ2) is 13.6. The van der Waals surface area contributed by atoms with Gasteiger partial charge in [-0.3, -0.25) is 9.59 Å². The first-order valence-electron chi connectivity index (χ1n) is 14.3. The number of carboxylic acids is 2. The van der Waals surface area contributed by atoms with Crippen molar-refractivity contribution < 1.29 is 47.6 Å². The molecule has 2 fully saturated rings. The van der Waals surface area contributed by atoms with Crippen molar-refractivity contribution in [3.63, 3.8) is 0 Å². The van der Waals surface area contributed by atoms with Gasteiger partial charge in [0.1, 0.15) is 22.8 Å². The van der Waals surface area contributed by atoms with E-state index in [0.29, 0.717) is 11.1 Å². The minimum Gasteiger partial charge on any atom is -0.481 e. The largest absolute Gasteiger partial charge is 0.481 e. The Hall–Kier alpha value is -4.22. The van der Waals surface area contributed by atoms with Crippen LogP contribution in [0.1, 0.15) is 64.5 Å². The molecule has 2 aliphatic heterocycles. The maximum absolute atomic E-state index is 13.0. The molecule has 2 aliphatic rings. The molecule has 12 heteroatoms. The minimum atomic E-state index is -0.972. The fraction of sp³-hybridized carbons (Fsp3) is 0.500. The summed E-state index contributed by atoms with van der Waals surface area (Å²) in [5.74, 6) is -4.89. The summed E-state index contributed by atoms with van der Waals surface area (Å²) < 4.78 is 36.6. The minimum absolute atomic E-state index is 0.0896. The first kappa shape index (κ1) is 34.3. The molecular weight excluding hydrogens is 578 g/mol. The Kier molecular flexibility index (Phi) is 10.6. The van der Waals surface area contributed by atoms with Gasteiger partial charge in [-0.25, -0.2) is 18.4 Å². The molecule has 0 spiro atoms. The summed E-state index contributed by atoms with van der Waals surface area (Å²) in [5.41, 5.74) is 0.146. The zero-order valence-corrected chi connectivity index (χ0v) is 25.8. The van der Waals surface area contributed by atoms with E-state index in [2.05, 4.69) is 0 Å². The van der Waals surface area contributed by atoms with Gasteiger partial charge in [0.25, 0.3) is 0 Å². The molecule has 4 atom stereocenters. The lowest BCUT2D eigenvalue weighted by Gasteiger charge is -2.24. The summed E-state index contributed by atoms with van der Waals surface area (Å²) in [7, 11) is 0. The Balaban J connectivity index is 0.000000240. The molecule has 2 amide bonds. The maximum Gasteiger partial charge on any atom is 0.410 e. The van der Waals surface area contributed by atoms with Gasteiger partial charge in [0.05, 0.1) is 11.8 Å². The molecule has 0 unspecified atom stereocenters. The van der Waals surface area contributed by atoms with Crippen molar-refractivity contribution in [1.82, 2.24) is 9.80 Å². The molecular formula is C32H40F2N2O8. The molecule has 44 heavy (non-hydrogen) atoms. The van der Waals surface area contributed by atoms with Gasteiger partial charge in [-0.1, -0.05) is 24.3 Å². The summed E-state index contributed by atoms with van der Waals surface area (Å²) in [4.78, 5) is 49.9. The average Bonchev–Trinajstić information content (AvgIpc) is 3.54. The average molecular weight is 619 g/mol. The Bertz CT molecular complexity index is 1230. The van der Waals surface area contributed by atoms with Crippen molar-refractivity contribution in [2.45, 2.75) is 64.6 Å². The van der Waals surface area contributed by atoms with Crippen LogP contribution >= 0.6 is 0 Å². The number of amides is 2. The van der Waals surface area contributed by atoms with Gasteiger partial charge in [-0.05, 0) is 76.9 Å². The normalized spacial score (nSPS) is 21.7. The van der Waals surface area contributed by atoms with Crippen LogP contribution in [0.4, 0.5) is 18.4 Å². The monoisotopic (exact) mass is 618 g/mol. The molecule has 2 aromatic carbocycles. The highest BCUT2D eigenvalue weighted by atomic mass is 19.1. The van der Waals surface area contributed by atoms with Crippen LogP contribution < -0.4 is 0 Å². The summed E-state index contributed by atoms with van der Waals surface area (Å²) >= 11 is 0. The van der Waals surface area contributed by atoms with Gasteiger partial charge in [-0.2, -0.15) is 0 Å². The standard InChI is InChI=1S/2C16H20FNO4/c2*1-16(2,3)22-15(21)18-8-12(13(9-18)14(19)20)10-4-6-11(17)7-5-10/h2*4-7,12-13H,8-9H2,1-3H3,(H,19,20)/t2*12-,13+/m10/s1. The van der Waals surface area contributed by atoms with E-state index < -0.39 is 47.2 Å². The van der Waals surface area contributed by atoms with E-state index in [1.807, 2.05) is 0 Å². The first-order chi connectivity index (χ1) is 20.3. The van der Waals surface area contributed by atoms with Crippen molar-refractivity contribution in [2.24, 2.45) is 11.8 Å². The van der Waals surface area contributed by atoms with Gasteiger partial charge in [0.15, 0.2) is 0 Å². The van der Waals surface area contributed by atoms with E-state index in [9.17, 15) is 38.2 Å². The highest BCUT2D eigenvalue weighted by molar-refractivity contribution is 5.76. The van der Waals surface area contributed by atoms with E-state index in [1.54, 1.807) is 65.8 Å². The van der Waals surface area contributed by atoms with Crippen molar-refractivity contribution in [3.8, 4) is 0 Å². The highest BCUT2D eigenvalue weighted by Crippen LogP contribution is 2.35. The predicted octanol–water partition coefficient (Wildman–Crippen LogP) is 5.72. The molecule has 0 radical (unpaired) electrons. The Morgan fingerprint density at radius 2 is 0.909 bits per heavy atom. The number of likely N-dealkylation sites (tertiary alicyclic amines) is 2. The molecule has 2 N–H and O–H groups in total. The number of rotatable bonds is 4. The van der Waals surface area contributed by atoms with Gasteiger partial charge in [0, 0.05) is 38.0 Å². The van der Waals surface area contributed by atoms with Crippen molar-refractivity contribution in [3.05, 3.63) is 71.3 Å². The van der Waals surface area contributed by atoms with Gasteiger partial charge in [-0.15, -0.1) is 0 Å². The van der Waals surface area contributed by atoms with E-state index in [1.165, 1.54) is 34.1 Å². The summed E-state index contributed by atoms with van der Waals surface area (Å²) in [6.07, 6.45) is -1.05. The van der Waals surface area contributed by atoms with Crippen LogP contribution in [0.2, 0.25) is 0 Å². The van der Waals surface area contributed by atoms with E-state index in [4.69, 9.17) is 9.47 Å². The molecule has 240 valence electrons. The summed E-state index contributed by atoms with van der Waals surface area (Å²) in [6, 6.07) is 11.4. The molecule has 2 heterocycles. The maximum atomic E-state index is 13.0. The van der Waals surface area contributed by atoms with Crippen LogP contribution in [0, 0.1) is 23.5 Å². The van der Waals surface area contributed by atoms with Gasteiger partial charge in [0.2, 0.25) is 0 Å². The number of ether oxygens (including phenoxy) is 2. The second-order valence-electron chi connectivity index (χ2n) is 13.0. The van der Waals surface area contributed by atoms with Crippen molar-refractivity contribution in [2.75, 3.05) is 26.2 Å². The summed E-state index contributed by atoms with van der Waals surface area (Å²) in [5, 5.41) is 18.8. The smallest absolute Gasteiger partial charge is 0.410 e. The lowest BCUT2D eigenvalue weighted by atomic mass is 9.89. The third-order valence-electron chi connectivity index (χ3n) is 7.17. The van der Waals surface area contributed by atoms with Crippen molar-refractivity contribution in [1.29, 1.82) is 0 Å². The van der Waals surface area contributed by atoms with Crippen LogP contribution in [-0.4, -0.2) is 81.5 Å². The van der Waals surface area contributed by atoms with Crippen LogP contribution in [0.25, 0.3) is 0 Å². The number of carboxylic acid groups (broad SMARTS) is 2. The van der Waals surface area contributed by atoms with Gasteiger partial charge < -0.3 is 29.5 Å². The quantitative estimate of drug-likeness (QED) is 0.445. The number of benzene rings is 2. The molecule has 0 saturated carbocycles. The third kappa shape index (κ3) is 9.39. The van der Waals surface area contributed by atoms with Crippen LogP contribution in [-0.2, 0) is 19.1 Å². The molecule has 0 aromatic heterocycles. The highest BCUT2D eigenvalue weighted by Gasteiger charge is 2.43. The molecule has 4 rings (SSSR count). The van der Waals surface area contributed by atoms with E-state index >= 15 is 0 Å².